The lowest BCUT2D eigenvalue weighted by Gasteiger charge is -2.41. The first-order valence-corrected chi connectivity index (χ1v) is 8.79. The molecule has 0 unspecified atom stereocenters. The third-order valence-electron chi connectivity index (χ3n) is 4.62. The normalized spacial score (nSPS) is 12.2. The van der Waals surface area contributed by atoms with Gasteiger partial charge in [0.1, 0.15) is 6.54 Å². The summed E-state index contributed by atoms with van der Waals surface area (Å²) in [5.74, 6) is 1.43. The Morgan fingerprint density at radius 3 is 1.95 bits per heavy atom. The first kappa shape index (κ1) is 19.0. The first-order chi connectivity index (χ1) is 10.2. The van der Waals surface area contributed by atoms with Crippen LogP contribution in [-0.2, 0) is 0 Å². The molecule has 0 aliphatic carbocycles. The Morgan fingerprint density at radius 1 is 1.00 bits per heavy atom. The Balaban J connectivity index is 3.00. The highest BCUT2D eigenvalue weighted by Crippen LogP contribution is 2.24. The van der Waals surface area contributed by atoms with Crippen molar-refractivity contribution in [2.75, 3.05) is 26.2 Å². The van der Waals surface area contributed by atoms with E-state index in [1.807, 2.05) is 0 Å². The number of hydrogen-bond donors (Lipinski definition) is 0. The minimum absolute atomic E-state index is 0.714. The molecule has 1 aromatic carbocycles. The Hall–Kier alpha value is -1.08. The molecule has 0 saturated carbocycles. The highest BCUT2D eigenvalue weighted by molar-refractivity contribution is 5.65. The van der Waals surface area contributed by atoms with Gasteiger partial charge in [0.05, 0.1) is 19.6 Å². The molecular formula is C21H36N+. The SMILES string of the molecule is C=C(C[N+](CC)(CC(C)C)CC(C)C)c1ccc(C)c(C)c1. The predicted molar refractivity (Wildman–Crippen MR) is 100 cm³/mol. The van der Waals surface area contributed by atoms with Crippen LogP contribution in [0.5, 0.6) is 0 Å². The zero-order valence-electron chi connectivity index (χ0n) is 15.9. The van der Waals surface area contributed by atoms with E-state index in [-0.39, 0.29) is 0 Å². The fourth-order valence-corrected chi connectivity index (χ4v) is 3.58. The third kappa shape index (κ3) is 5.28. The summed E-state index contributed by atoms with van der Waals surface area (Å²) >= 11 is 0. The maximum atomic E-state index is 4.43. The van der Waals surface area contributed by atoms with Crippen molar-refractivity contribution in [1.29, 1.82) is 0 Å². The molecule has 1 aromatic rings. The van der Waals surface area contributed by atoms with Crippen LogP contribution in [-0.4, -0.2) is 30.7 Å². The summed E-state index contributed by atoms with van der Waals surface area (Å²) in [7, 11) is 0. The first-order valence-electron chi connectivity index (χ1n) is 8.79. The fourth-order valence-electron chi connectivity index (χ4n) is 3.58. The van der Waals surface area contributed by atoms with Crippen molar-refractivity contribution in [1.82, 2.24) is 0 Å². The van der Waals surface area contributed by atoms with Crippen molar-refractivity contribution in [2.45, 2.75) is 48.5 Å². The molecule has 0 aliphatic heterocycles. The summed E-state index contributed by atoms with van der Waals surface area (Å²) in [6.07, 6.45) is 0. The second-order valence-corrected chi connectivity index (χ2v) is 7.87. The molecule has 0 aromatic heterocycles. The average Bonchev–Trinajstić information content (AvgIpc) is 2.40. The molecular weight excluding hydrogens is 266 g/mol. The van der Waals surface area contributed by atoms with Gasteiger partial charge in [-0.1, -0.05) is 52.5 Å². The number of rotatable bonds is 8. The van der Waals surface area contributed by atoms with Gasteiger partial charge in [0.15, 0.2) is 0 Å². The van der Waals surface area contributed by atoms with Gasteiger partial charge in [-0.2, -0.15) is 0 Å². The maximum absolute atomic E-state index is 4.43. The maximum Gasteiger partial charge on any atom is 0.104 e. The Kier molecular flexibility index (Phi) is 6.87. The molecule has 0 radical (unpaired) electrons. The van der Waals surface area contributed by atoms with Crippen molar-refractivity contribution in [3.8, 4) is 0 Å². The molecule has 0 heterocycles. The van der Waals surface area contributed by atoms with Crippen LogP contribution in [0.4, 0.5) is 0 Å². The number of aryl methyl sites for hydroxylation is 2. The molecule has 1 nitrogen and oxygen atoms in total. The smallest absolute Gasteiger partial charge is 0.104 e. The molecule has 0 spiro atoms. The number of likely N-dealkylation sites (N-methyl/N-ethyl adjacent to an activating group) is 1. The highest BCUT2D eigenvalue weighted by Gasteiger charge is 2.29. The lowest BCUT2D eigenvalue weighted by Crippen LogP contribution is -2.53. The molecule has 0 atom stereocenters. The lowest BCUT2D eigenvalue weighted by molar-refractivity contribution is -0.925. The molecule has 0 aliphatic rings. The van der Waals surface area contributed by atoms with Crippen LogP contribution in [0.15, 0.2) is 24.8 Å². The van der Waals surface area contributed by atoms with Gasteiger partial charge in [0.25, 0.3) is 0 Å². The standard InChI is InChI=1S/C21H36N/c1-9-22(13-16(2)3,14-17(4)5)15-20(8)21-11-10-18(6)19(7)12-21/h10-12,16-17H,8-9,13-15H2,1-7H3/q+1. The van der Waals surface area contributed by atoms with Crippen molar-refractivity contribution >= 4 is 5.57 Å². The van der Waals surface area contributed by atoms with Gasteiger partial charge in [-0.3, -0.25) is 0 Å². The van der Waals surface area contributed by atoms with Crippen LogP contribution < -0.4 is 0 Å². The highest BCUT2D eigenvalue weighted by atomic mass is 15.3. The van der Waals surface area contributed by atoms with E-state index in [1.165, 1.54) is 41.9 Å². The van der Waals surface area contributed by atoms with Crippen molar-refractivity contribution in [3.63, 3.8) is 0 Å². The van der Waals surface area contributed by atoms with E-state index in [9.17, 15) is 0 Å². The number of nitrogens with zero attached hydrogens (tertiary/aromatic N) is 1. The molecule has 0 N–H and O–H groups in total. The van der Waals surface area contributed by atoms with Crippen molar-refractivity contribution in [3.05, 3.63) is 41.5 Å². The second kappa shape index (κ2) is 7.97. The summed E-state index contributed by atoms with van der Waals surface area (Å²) in [6, 6.07) is 6.76. The van der Waals surface area contributed by atoms with Gasteiger partial charge in [0.2, 0.25) is 0 Å². The van der Waals surface area contributed by atoms with E-state index < -0.39 is 0 Å². The Labute approximate surface area is 138 Å². The Morgan fingerprint density at radius 2 is 1.55 bits per heavy atom. The minimum atomic E-state index is 0.714. The average molecular weight is 303 g/mol. The monoisotopic (exact) mass is 302 g/mol. The molecule has 22 heavy (non-hydrogen) atoms. The summed E-state index contributed by atoms with van der Waals surface area (Å²) in [6.45, 7) is 25.2. The minimum Gasteiger partial charge on any atom is -0.320 e. The van der Waals surface area contributed by atoms with Crippen molar-refractivity contribution in [2.24, 2.45) is 11.8 Å². The summed E-state index contributed by atoms with van der Waals surface area (Å²) in [5, 5.41) is 0. The van der Waals surface area contributed by atoms with Crippen LogP contribution in [0.3, 0.4) is 0 Å². The van der Waals surface area contributed by atoms with E-state index in [0.717, 1.165) is 11.0 Å². The van der Waals surface area contributed by atoms with Crippen LogP contribution in [0.25, 0.3) is 5.57 Å². The van der Waals surface area contributed by atoms with E-state index in [1.54, 1.807) is 0 Å². The van der Waals surface area contributed by atoms with E-state index in [0.29, 0.717) is 11.8 Å². The molecule has 1 rings (SSSR count). The second-order valence-electron chi connectivity index (χ2n) is 7.87. The summed E-state index contributed by atoms with van der Waals surface area (Å²) < 4.78 is 1.15. The molecule has 124 valence electrons. The molecule has 0 saturated heterocycles. The molecule has 0 amide bonds. The van der Waals surface area contributed by atoms with Gasteiger partial charge in [0, 0.05) is 17.4 Å². The van der Waals surface area contributed by atoms with Crippen molar-refractivity contribution < 1.29 is 4.48 Å². The largest absolute Gasteiger partial charge is 0.320 e. The van der Waals surface area contributed by atoms with Gasteiger partial charge in [-0.05, 0) is 37.5 Å². The van der Waals surface area contributed by atoms with E-state index in [2.05, 4.69) is 73.2 Å². The lowest BCUT2D eigenvalue weighted by atomic mass is 9.99. The molecule has 0 fully saturated rings. The summed E-state index contributed by atoms with van der Waals surface area (Å²) in [4.78, 5) is 0. The van der Waals surface area contributed by atoms with Crippen LogP contribution in [0.1, 0.15) is 51.3 Å². The van der Waals surface area contributed by atoms with Crippen LogP contribution in [0, 0.1) is 25.7 Å². The predicted octanol–water partition coefficient (Wildman–Crippen LogP) is 5.47. The zero-order chi connectivity index (χ0) is 16.9. The van der Waals surface area contributed by atoms with Gasteiger partial charge >= 0.3 is 0 Å². The molecule has 1 heteroatoms. The number of benzene rings is 1. The van der Waals surface area contributed by atoms with Gasteiger partial charge in [-0.15, -0.1) is 0 Å². The Bertz CT molecular complexity index is 487. The molecule has 0 bridgehead atoms. The van der Waals surface area contributed by atoms with E-state index in [4.69, 9.17) is 0 Å². The topological polar surface area (TPSA) is 0 Å². The fraction of sp³-hybridized carbons (Fsp3) is 0.619. The van der Waals surface area contributed by atoms with Gasteiger partial charge < -0.3 is 4.48 Å². The quantitative estimate of drug-likeness (QED) is 0.559. The van der Waals surface area contributed by atoms with E-state index >= 15 is 0 Å². The van der Waals surface area contributed by atoms with Crippen LogP contribution in [0.2, 0.25) is 0 Å². The van der Waals surface area contributed by atoms with Crippen LogP contribution >= 0.6 is 0 Å². The summed E-state index contributed by atoms with van der Waals surface area (Å²) in [5.41, 5.74) is 5.32. The van der Waals surface area contributed by atoms with Gasteiger partial charge in [-0.25, -0.2) is 0 Å². The number of quaternary nitrogens is 1. The third-order valence-corrected chi connectivity index (χ3v) is 4.62. The number of hydrogen-bond acceptors (Lipinski definition) is 0. The zero-order valence-corrected chi connectivity index (χ0v) is 15.9.